The Bertz CT molecular complexity index is 700. The quantitative estimate of drug-likeness (QED) is 0.846. The monoisotopic (exact) mass is 344 g/mol. The first-order valence-corrected chi connectivity index (χ1v) is 9.17. The molecule has 114 valence electrons. The molecule has 0 spiro atoms. The van der Waals surface area contributed by atoms with Gasteiger partial charge < -0.3 is 5.32 Å². The Balaban J connectivity index is 2.21. The van der Waals surface area contributed by atoms with E-state index in [1.54, 1.807) is 12.1 Å². The van der Waals surface area contributed by atoms with Gasteiger partial charge in [-0.1, -0.05) is 23.7 Å². The lowest BCUT2D eigenvalue weighted by atomic mass is 10.2. The second-order valence-corrected chi connectivity index (χ2v) is 7.74. The van der Waals surface area contributed by atoms with Crippen LogP contribution >= 0.6 is 22.9 Å². The molecular formula is C14H17ClN2O2S2. The summed E-state index contributed by atoms with van der Waals surface area (Å²) < 4.78 is 27.4. The molecule has 0 saturated carbocycles. The molecule has 21 heavy (non-hydrogen) atoms. The Labute approximate surface area is 134 Å². The van der Waals surface area contributed by atoms with E-state index in [1.807, 2.05) is 31.5 Å². The van der Waals surface area contributed by atoms with Crippen molar-refractivity contribution in [3.05, 3.63) is 51.2 Å². The fourth-order valence-corrected chi connectivity index (χ4v) is 4.30. The van der Waals surface area contributed by atoms with E-state index >= 15 is 0 Å². The number of benzene rings is 1. The summed E-state index contributed by atoms with van der Waals surface area (Å²) in [6, 6.07) is 8.31. The molecule has 1 aromatic carbocycles. The van der Waals surface area contributed by atoms with Gasteiger partial charge in [0, 0.05) is 16.4 Å². The zero-order valence-electron chi connectivity index (χ0n) is 11.8. The van der Waals surface area contributed by atoms with Crippen LogP contribution < -0.4 is 10.0 Å². The standard InChI is InChI=1S/C14H17ClN2O2S2/c1-10(14-4-3-7-20-14)17-21(18,19)12-6-5-11(9-16-2)13(15)8-12/h3-8,10,16-17H,9H2,1-2H3. The van der Waals surface area contributed by atoms with Crippen LogP contribution in [0.25, 0.3) is 0 Å². The molecule has 2 N–H and O–H groups in total. The average molecular weight is 345 g/mol. The molecule has 1 unspecified atom stereocenters. The zero-order chi connectivity index (χ0) is 15.5. The third kappa shape index (κ3) is 4.05. The molecule has 7 heteroatoms. The van der Waals surface area contributed by atoms with Crippen molar-refractivity contribution < 1.29 is 8.42 Å². The topological polar surface area (TPSA) is 58.2 Å². The molecule has 0 amide bonds. The maximum absolute atomic E-state index is 12.4. The number of halogens is 1. The summed E-state index contributed by atoms with van der Waals surface area (Å²) in [5, 5.41) is 5.35. The van der Waals surface area contributed by atoms with E-state index in [2.05, 4.69) is 10.0 Å². The lowest BCUT2D eigenvalue weighted by Gasteiger charge is -2.13. The Kier molecular flexibility index (Phi) is 5.40. The van der Waals surface area contributed by atoms with Crippen molar-refractivity contribution in [2.75, 3.05) is 7.05 Å². The Morgan fingerprint density at radius 1 is 1.33 bits per heavy atom. The van der Waals surface area contributed by atoms with Gasteiger partial charge in [0.1, 0.15) is 0 Å². The molecule has 0 bridgehead atoms. The molecule has 0 aliphatic rings. The first kappa shape index (κ1) is 16.5. The lowest BCUT2D eigenvalue weighted by molar-refractivity contribution is 0.568. The minimum Gasteiger partial charge on any atom is -0.316 e. The smallest absolute Gasteiger partial charge is 0.241 e. The molecule has 0 fully saturated rings. The third-order valence-electron chi connectivity index (χ3n) is 3.00. The summed E-state index contributed by atoms with van der Waals surface area (Å²) in [5.41, 5.74) is 0.865. The van der Waals surface area contributed by atoms with Gasteiger partial charge >= 0.3 is 0 Å². The van der Waals surface area contributed by atoms with Crippen molar-refractivity contribution in [3.63, 3.8) is 0 Å². The van der Waals surface area contributed by atoms with E-state index in [-0.39, 0.29) is 10.9 Å². The summed E-state index contributed by atoms with van der Waals surface area (Å²) >= 11 is 7.64. The van der Waals surface area contributed by atoms with Gasteiger partial charge in [0.05, 0.1) is 10.9 Å². The predicted octanol–water partition coefficient (Wildman–Crippen LogP) is 3.16. The Morgan fingerprint density at radius 3 is 2.67 bits per heavy atom. The van der Waals surface area contributed by atoms with E-state index in [0.29, 0.717) is 11.6 Å². The molecule has 2 aromatic rings. The number of rotatable bonds is 6. The summed E-state index contributed by atoms with van der Waals surface area (Å²) in [6.07, 6.45) is 0. The Morgan fingerprint density at radius 2 is 2.10 bits per heavy atom. The number of nitrogens with one attached hydrogen (secondary N) is 2. The van der Waals surface area contributed by atoms with Crippen LogP contribution in [0.2, 0.25) is 5.02 Å². The zero-order valence-corrected chi connectivity index (χ0v) is 14.1. The molecule has 1 heterocycles. The van der Waals surface area contributed by atoms with Gasteiger partial charge in [-0.05, 0) is 43.1 Å². The largest absolute Gasteiger partial charge is 0.316 e. The molecule has 0 aliphatic carbocycles. The highest BCUT2D eigenvalue weighted by atomic mass is 35.5. The maximum atomic E-state index is 12.4. The van der Waals surface area contributed by atoms with Crippen molar-refractivity contribution in [2.45, 2.75) is 24.4 Å². The summed E-state index contributed by atoms with van der Waals surface area (Å²) in [5.74, 6) is 0. The lowest BCUT2D eigenvalue weighted by Crippen LogP contribution is -2.26. The SMILES string of the molecule is CNCc1ccc(S(=O)(=O)NC(C)c2cccs2)cc1Cl. The van der Waals surface area contributed by atoms with Crippen LogP contribution in [-0.4, -0.2) is 15.5 Å². The first-order valence-electron chi connectivity index (χ1n) is 6.43. The van der Waals surface area contributed by atoms with Crippen LogP contribution in [0.5, 0.6) is 0 Å². The maximum Gasteiger partial charge on any atom is 0.241 e. The van der Waals surface area contributed by atoms with Crippen LogP contribution in [0.3, 0.4) is 0 Å². The van der Waals surface area contributed by atoms with E-state index < -0.39 is 10.0 Å². The van der Waals surface area contributed by atoms with Crippen LogP contribution in [-0.2, 0) is 16.6 Å². The molecule has 0 radical (unpaired) electrons. The van der Waals surface area contributed by atoms with Crippen molar-refractivity contribution in [2.24, 2.45) is 0 Å². The van der Waals surface area contributed by atoms with Gasteiger partial charge in [0.25, 0.3) is 0 Å². The van der Waals surface area contributed by atoms with E-state index in [4.69, 9.17) is 11.6 Å². The van der Waals surface area contributed by atoms with E-state index in [9.17, 15) is 8.42 Å². The second-order valence-electron chi connectivity index (χ2n) is 4.64. The number of sulfonamides is 1. The predicted molar refractivity (Wildman–Crippen MR) is 87.3 cm³/mol. The number of hydrogen-bond acceptors (Lipinski definition) is 4. The molecule has 1 aromatic heterocycles. The normalized spacial score (nSPS) is 13.3. The second kappa shape index (κ2) is 6.89. The van der Waals surface area contributed by atoms with Crippen LogP contribution in [0.15, 0.2) is 40.6 Å². The molecular weight excluding hydrogens is 328 g/mol. The van der Waals surface area contributed by atoms with Gasteiger partial charge in [0.15, 0.2) is 0 Å². The van der Waals surface area contributed by atoms with Gasteiger partial charge in [-0.3, -0.25) is 0 Å². The minimum absolute atomic E-state index is 0.177. The van der Waals surface area contributed by atoms with Crippen LogP contribution in [0.1, 0.15) is 23.4 Å². The van der Waals surface area contributed by atoms with Crippen molar-refractivity contribution in [1.82, 2.24) is 10.0 Å². The van der Waals surface area contributed by atoms with Gasteiger partial charge in [-0.15, -0.1) is 11.3 Å². The van der Waals surface area contributed by atoms with E-state index in [1.165, 1.54) is 17.4 Å². The molecule has 4 nitrogen and oxygen atoms in total. The number of hydrogen-bond donors (Lipinski definition) is 2. The van der Waals surface area contributed by atoms with Crippen LogP contribution in [0, 0.1) is 0 Å². The summed E-state index contributed by atoms with van der Waals surface area (Å²) in [7, 11) is -1.78. The first-order chi connectivity index (χ1) is 9.94. The van der Waals surface area contributed by atoms with Crippen molar-refractivity contribution >= 4 is 33.0 Å². The average Bonchev–Trinajstić information content (AvgIpc) is 2.95. The molecule has 1 atom stereocenters. The summed E-state index contributed by atoms with van der Waals surface area (Å²) in [4.78, 5) is 1.15. The fourth-order valence-electron chi connectivity index (χ4n) is 1.93. The minimum atomic E-state index is -3.59. The molecule has 0 aliphatic heterocycles. The molecule has 2 rings (SSSR count). The number of thiophene rings is 1. The highest BCUT2D eigenvalue weighted by molar-refractivity contribution is 7.89. The fraction of sp³-hybridized carbons (Fsp3) is 0.286. The van der Waals surface area contributed by atoms with Crippen LogP contribution in [0.4, 0.5) is 0 Å². The van der Waals surface area contributed by atoms with E-state index in [0.717, 1.165) is 10.4 Å². The third-order valence-corrected chi connectivity index (χ3v) is 5.95. The van der Waals surface area contributed by atoms with Gasteiger partial charge in [-0.25, -0.2) is 13.1 Å². The summed E-state index contributed by atoms with van der Waals surface area (Å²) in [6.45, 7) is 2.42. The highest BCUT2D eigenvalue weighted by Crippen LogP contribution is 2.24. The Hall–Kier alpha value is -0.920. The van der Waals surface area contributed by atoms with Crippen molar-refractivity contribution in [1.29, 1.82) is 0 Å². The highest BCUT2D eigenvalue weighted by Gasteiger charge is 2.19. The van der Waals surface area contributed by atoms with Gasteiger partial charge in [-0.2, -0.15) is 0 Å². The van der Waals surface area contributed by atoms with Gasteiger partial charge in [0.2, 0.25) is 10.0 Å². The molecule has 0 saturated heterocycles. The van der Waals surface area contributed by atoms with Crippen molar-refractivity contribution in [3.8, 4) is 0 Å².